The van der Waals surface area contributed by atoms with Gasteiger partial charge in [0, 0.05) is 24.9 Å². The molecule has 6 nitrogen and oxygen atoms in total. The number of hydrogen-bond donors (Lipinski definition) is 1. The first-order valence-electron chi connectivity index (χ1n) is 5.39. The molecule has 0 spiro atoms. The van der Waals surface area contributed by atoms with Gasteiger partial charge in [-0.1, -0.05) is 11.2 Å². The van der Waals surface area contributed by atoms with Gasteiger partial charge in [0.2, 0.25) is 11.6 Å². The maximum absolute atomic E-state index is 11.7. The third-order valence-electron chi connectivity index (χ3n) is 2.31. The summed E-state index contributed by atoms with van der Waals surface area (Å²) in [6, 6.07) is 5.15. The van der Waals surface area contributed by atoms with Gasteiger partial charge in [0.25, 0.3) is 5.91 Å². The molecule has 1 N–H and O–H groups in total. The van der Waals surface area contributed by atoms with E-state index in [1.807, 2.05) is 6.07 Å². The largest absolute Gasteiger partial charge is 0.481 e. The van der Waals surface area contributed by atoms with E-state index in [0.717, 1.165) is 5.56 Å². The van der Waals surface area contributed by atoms with Crippen molar-refractivity contribution in [3.63, 3.8) is 0 Å². The number of amides is 1. The number of aromatic nitrogens is 2. The molecule has 0 aliphatic rings. The molecule has 0 saturated carbocycles. The Hall–Kier alpha value is -2.37. The van der Waals surface area contributed by atoms with Crippen molar-refractivity contribution in [3.05, 3.63) is 41.4 Å². The summed E-state index contributed by atoms with van der Waals surface area (Å²) in [6.45, 7) is 2.13. The number of pyridine rings is 1. The van der Waals surface area contributed by atoms with Crippen molar-refractivity contribution < 1.29 is 14.1 Å². The van der Waals surface area contributed by atoms with Crippen LogP contribution in [0.2, 0.25) is 0 Å². The fraction of sp³-hybridized carbons (Fsp3) is 0.250. The molecule has 0 unspecified atom stereocenters. The first-order valence-corrected chi connectivity index (χ1v) is 5.39. The zero-order chi connectivity index (χ0) is 13.0. The fourth-order valence-corrected chi connectivity index (χ4v) is 1.38. The maximum Gasteiger partial charge on any atom is 0.290 e. The Kier molecular flexibility index (Phi) is 3.57. The highest BCUT2D eigenvalue weighted by Crippen LogP contribution is 2.07. The molecule has 0 aliphatic carbocycles. The summed E-state index contributed by atoms with van der Waals surface area (Å²) in [6.07, 6.45) is 1.64. The molecule has 2 rings (SSSR count). The molecule has 18 heavy (non-hydrogen) atoms. The maximum atomic E-state index is 11.7. The Balaban J connectivity index is 1.92. The van der Waals surface area contributed by atoms with E-state index < -0.39 is 0 Å². The van der Waals surface area contributed by atoms with Crippen LogP contribution in [0.25, 0.3) is 0 Å². The lowest BCUT2D eigenvalue weighted by Gasteiger charge is -2.03. The Labute approximate surface area is 104 Å². The van der Waals surface area contributed by atoms with Crippen LogP contribution in [-0.4, -0.2) is 23.2 Å². The molecule has 6 heteroatoms. The second kappa shape index (κ2) is 5.31. The molecule has 0 fully saturated rings. The number of hydrogen-bond acceptors (Lipinski definition) is 5. The fourth-order valence-electron chi connectivity index (χ4n) is 1.38. The predicted octanol–water partition coefficient (Wildman–Crippen LogP) is 1.32. The Morgan fingerprint density at radius 3 is 2.89 bits per heavy atom. The minimum atomic E-state index is -0.300. The number of methoxy groups -OCH3 is 1. The van der Waals surface area contributed by atoms with Crippen LogP contribution in [0.4, 0.5) is 0 Å². The standard InChI is InChI=1S/C12H13N3O3/c1-8-5-10(18-15-8)12(16)14-7-9-3-4-11(17-2)13-6-9/h3-6H,7H2,1-2H3,(H,14,16). The number of nitrogens with one attached hydrogen (secondary N) is 1. The summed E-state index contributed by atoms with van der Waals surface area (Å²) in [5, 5.41) is 6.36. The molecule has 2 aromatic heterocycles. The minimum Gasteiger partial charge on any atom is -0.481 e. The lowest BCUT2D eigenvalue weighted by atomic mass is 10.3. The lowest BCUT2D eigenvalue weighted by Crippen LogP contribution is -2.22. The summed E-state index contributed by atoms with van der Waals surface area (Å²) >= 11 is 0. The molecular weight excluding hydrogens is 234 g/mol. The first-order chi connectivity index (χ1) is 8.69. The van der Waals surface area contributed by atoms with Crippen LogP contribution in [0.15, 0.2) is 28.9 Å². The highest BCUT2D eigenvalue weighted by molar-refractivity contribution is 5.91. The summed E-state index contributed by atoms with van der Waals surface area (Å²) in [7, 11) is 1.55. The van der Waals surface area contributed by atoms with Crippen LogP contribution in [0, 0.1) is 6.92 Å². The van der Waals surface area contributed by atoms with E-state index in [9.17, 15) is 4.79 Å². The van der Waals surface area contributed by atoms with E-state index in [2.05, 4.69) is 15.5 Å². The quantitative estimate of drug-likeness (QED) is 0.881. The van der Waals surface area contributed by atoms with Crippen molar-refractivity contribution in [3.8, 4) is 5.88 Å². The van der Waals surface area contributed by atoms with E-state index in [1.54, 1.807) is 32.4 Å². The minimum absolute atomic E-state index is 0.203. The molecule has 0 radical (unpaired) electrons. The molecule has 0 aromatic carbocycles. The van der Waals surface area contributed by atoms with Crippen LogP contribution >= 0.6 is 0 Å². The van der Waals surface area contributed by atoms with Gasteiger partial charge in [-0.25, -0.2) is 4.98 Å². The Morgan fingerprint density at radius 1 is 1.50 bits per heavy atom. The zero-order valence-corrected chi connectivity index (χ0v) is 10.1. The van der Waals surface area contributed by atoms with Crippen LogP contribution in [0.5, 0.6) is 5.88 Å². The topological polar surface area (TPSA) is 77.2 Å². The van der Waals surface area contributed by atoms with Crippen LogP contribution in [-0.2, 0) is 6.54 Å². The summed E-state index contributed by atoms with van der Waals surface area (Å²) in [5.74, 6) is 0.441. The lowest BCUT2D eigenvalue weighted by molar-refractivity contribution is 0.0914. The van der Waals surface area contributed by atoms with Crippen molar-refractivity contribution in [2.45, 2.75) is 13.5 Å². The third kappa shape index (κ3) is 2.85. The predicted molar refractivity (Wildman–Crippen MR) is 63.2 cm³/mol. The van der Waals surface area contributed by atoms with Crippen LogP contribution in [0.1, 0.15) is 21.8 Å². The summed E-state index contributed by atoms with van der Waals surface area (Å²) < 4.78 is 9.80. The van der Waals surface area contributed by atoms with Crippen molar-refractivity contribution in [1.29, 1.82) is 0 Å². The van der Waals surface area contributed by atoms with Crippen molar-refractivity contribution in [1.82, 2.24) is 15.5 Å². The van der Waals surface area contributed by atoms with Gasteiger partial charge < -0.3 is 14.6 Å². The first kappa shape index (κ1) is 12.1. The average molecular weight is 247 g/mol. The molecule has 94 valence electrons. The molecule has 0 saturated heterocycles. The number of aryl methyl sites for hydroxylation is 1. The van der Waals surface area contributed by atoms with E-state index in [-0.39, 0.29) is 11.7 Å². The molecule has 2 aromatic rings. The smallest absolute Gasteiger partial charge is 0.290 e. The van der Waals surface area contributed by atoms with Gasteiger partial charge >= 0.3 is 0 Å². The number of carbonyl (C=O) groups excluding carboxylic acids is 1. The molecule has 0 aliphatic heterocycles. The number of rotatable bonds is 4. The summed E-state index contributed by atoms with van der Waals surface area (Å²) in [4.78, 5) is 15.7. The highest BCUT2D eigenvalue weighted by atomic mass is 16.5. The second-order valence-electron chi connectivity index (χ2n) is 3.72. The Bertz CT molecular complexity index is 534. The number of ether oxygens (including phenoxy) is 1. The second-order valence-corrected chi connectivity index (χ2v) is 3.72. The molecule has 0 atom stereocenters. The third-order valence-corrected chi connectivity index (χ3v) is 2.31. The Morgan fingerprint density at radius 2 is 2.33 bits per heavy atom. The van der Waals surface area contributed by atoms with E-state index in [4.69, 9.17) is 9.26 Å². The number of carbonyl (C=O) groups is 1. The molecule has 1 amide bonds. The van der Waals surface area contributed by atoms with Gasteiger partial charge in [-0.15, -0.1) is 0 Å². The number of nitrogens with zero attached hydrogens (tertiary/aromatic N) is 2. The SMILES string of the molecule is COc1ccc(CNC(=O)c2cc(C)no2)cn1. The van der Waals surface area contributed by atoms with Crippen LogP contribution in [0.3, 0.4) is 0 Å². The van der Waals surface area contributed by atoms with Crippen molar-refractivity contribution >= 4 is 5.91 Å². The van der Waals surface area contributed by atoms with Gasteiger partial charge in [-0.05, 0) is 12.5 Å². The monoisotopic (exact) mass is 247 g/mol. The van der Waals surface area contributed by atoms with E-state index in [0.29, 0.717) is 18.1 Å². The zero-order valence-electron chi connectivity index (χ0n) is 10.1. The average Bonchev–Trinajstić information content (AvgIpc) is 2.83. The van der Waals surface area contributed by atoms with E-state index in [1.165, 1.54) is 0 Å². The van der Waals surface area contributed by atoms with E-state index >= 15 is 0 Å². The molecule has 0 bridgehead atoms. The molecule has 2 heterocycles. The van der Waals surface area contributed by atoms with Gasteiger partial charge in [0.1, 0.15) is 0 Å². The van der Waals surface area contributed by atoms with Crippen LogP contribution < -0.4 is 10.1 Å². The normalized spacial score (nSPS) is 10.1. The molecular formula is C12H13N3O3. The van der Waals surface area contributed by atoms with Gasteiger partial charge in [-0.3, -0.25) is 4.79 Å². The van der Waals surface area contributed by atoms with Crippen molar-refractivity contribution in [2.75, 3.05) is 7.11 Å². The van der Waals surface area contributed by atoms with Gasteiger partial charge in [0.05, 0.1) is 12.8 Å². The summed E-state index contributed by atoms with van der Waals surface area (Å²) in [5.41, 5.74) is 1.55. The van der Waals surface area contributed by atoms with Crippen molar-refractivity contribution in [2.24, 2.45) is 0 Å². The van der Waals surface area contributed by atoms with Gasteiger partial charge in [0.15, 0.2) is 0 Å². The van der Waals surface area contributed by atoms with Gasteiger partial charge in [-0.2, -0.15) is 0 Å². The highest BCUT2D eigenvalue weighted by Gasteiger charge is 2.10.